The Labute approximate surface area is 100.0 Å². The topological polar surface area (TPSA) is 32.5 Å². The molecule has 0 amide bonds. The molecule has 2 aliphatic rings. The van der Waals surface area contributed by atoms with Crippen molar-refractivity contribution in [3.63, 3.8) is 0 Å². The minimum atomic E-state index is 0.427. The third-order valence-electron chi connectivity index (χ3n) is 4.35. The van der Waals surface area contributed by atoms with E-state index in [4.69, 9.17) is 5.73 Å². The van der Waals surface area contributed by atoms with Gasteiger partial charge >= 0.3 is 0 Å². The van der Waals surface area contributed by atoms with E-state index in [9.17, 15) is 0 Å². The van der Waals surface area contributed by atoms with Gasteiger partial charge in [-0.2, -0.15) is 0 Å². The van der Waals surface area contributed by atoms with Gasteiger partial charge in [0, 0.05) is 38.3 Å². The maximum Gasteiger partial charge on any atom is 0.0248 e. The predicted octanol–water partition coefficient (Wildman–Crippen LogP) is 1.28. The van der Waals surface area contributed by atoms with Gasteiger partial charge in [-0.15, -0.1) is 0 Å². The summed E-state index contributed by atoms with van der Waals surface area (Å²) in [6.07, 6.45) is 6.67. The molecule has 3 heteroatoms. The quantitative estimate of drug-likeness (QED) is 0.719. The number of hydrogen-bond acceptors (Lipinski definition) is 3. The smallest absolute Gasteiger partial charge is 0.0248 e. The number of nitrogens with two attached hydrogens (primary N) is 1. The van der Waals surface area contributed by atoms with Gasteiger partial charge in [0.05, 0.1) is 0 Å². The van der Waals surface area contributed by atoms with E-state index in [0.29, 0.717) is 12.1 Å². The highest BCUT2D eigenvalue weighted by Gasteiger charge is 2.28. The predicted molar refractivity (Wildman–Crippen MR) is 68.5 cm³/mol. The molecule has 0 aromatic heterocycles. The van der Waals surface area contributed by atoms with Gasteiger partial charge in [-0.1, -0.05) is 26.2 Å². The van der Waals surface area contributed by atoms with Crippen LogP contribution >= 0.6 is 0 Å². The molecule has 1 aliphatic carbocycles. The zero-order valence-corrected chi connectivity index (χ0v) is 10.7. The van der Waals surface area contributed by atoms with Crippen molar-refractivity contribution in [3.05, 3.63) is 0 Å². The third-order valence-corrected chi connectivity index (χ3v) is 4.35. The molecule has 1 heterocycles. The fourth-order valence-electron chi connectivity index (χ4n) is 3.18. The Hall–Kier alpha value is -0.120. The molecule has 1 aliphatic heterocycles. The van der Waals surface area contributed by atoms with Crippen LogP contribution < -0.4 is 5.73 Å². The molecule has 1 saturated carbocycles. The Balaban J connectivity index is 1.86. The summed E-state index contributed by atoms with van der Waals surface area (Å²) >= 11 is 0. The summed E-state index contributed by atoms with van der Waals surface area (Å²) in [5, 5.41) is 0. The highest BCUT2D eigenvalue weighted by atomic mass is 15.3. The molecular formula is C13H27N3. The van der Waals surface area contributed by atoms with E-state index in [2.05, 4.69) is 16.7 Å². The average molecular weight is 225 g/mol. The standard InChI is InChI=1S/C13H27N3/c1-2-15-8-10-16(11-9-15)13-7-5-3-4-6-12(13)14/h12-13H,2-11,14H2,1H3. The molecular weight excluding hydrogens is 198 g/mol. The van der Waals surface area contributed by atoms with Gasteiger partial charge in [0.15, 0.2) is 0 Å². The lowest BCUT2D eigenvalue weighted by Gasteiger charge is -2.40. The molecule has 2 N–H and O–H groups in total. The number of rotatable bonds is 2. The van der Waals surface area contributed by atoms with Crippen LogP contribution in [0.4, 0.5) is 0 Å². The highest BCUT2D eigenvalue weighted by Crippen LogP contribution is 2.22. The first-order chi connectivity index (χ1) is 7.81. The Morgan fingerprint density at radius 3 is 2.38 bits per heavy atom. The number of hydrogen-bond donors (Lipinski definition) is 1. The lowest BCUT2D eigenvalue weighted by Crippen LogP contribution is -2.55. The molecule has 2 atom stereocenters. The molecule has 0 aromatic rings. The Kier molecular flexibility index (Phi) is 4.62. The monoisotopic (exact) mass is 225 g/mol. The molecule has 2 unspecified atom stereocenters. The van der Waals surface area contributed by atoms with Gasteiger partial charge in [-0.25, -0.2) is 0 Å². The van der Waals surface area contributed by atoms with Gasteiger partial charge in [0.25, 0.3) is 0 Å². The second-order valence-corrected chi connectivity index (χ2v) is 5.34. The highest BCUT2D eigenvalue weighted by molar-refractivity contribution is 4.87. The van der Waals surface area contributed by atoms with Gasteiger partial charge in [-0.3, -0.25) is 4.90 Å². The van der Waals surface area contributed by atoms with Crippen molar-refractivity contribution >= 4 is 0 Å². The summed E-state index contributed by atoms with van der Waals surface area (Å²) in [4.78, 5) is 5.20. The van der Waals surface area contributed by atoms with E-state index in [1.165, 1.54) is 64.8 Å². The normalized spacial score (nSPS) is 34.9. The molecule has 2 rings (SSSR count). The number of nitrogens with zero attached hydrogens (tertiary/aromatic N) is 2. The van der Waals surface area contributed by atoms with Crippen LogP contribution in [0.25, 0.3) is 0 Å². The van der Waals surface area contributed by atoms with Crippen LogP contribution in [0.3, 0.4) is 0 Å². The van der Waals surface area contributed by atoms with Crippen LogP contribution in [-0.4, -0.2) is 54.6 Å². The van der Waals surface area contributed by atoms with Gasteiger partial charge in [0.2, 0.25) is 0 Å². The molecule has 0 aromatic carbocycles. The fourth-order valence-corrected chi connectivity index (χ4v) is 3.18. The summed E-state index contributed by atoms with van der Waals surface area (Å²) in [5.74, 6) is 0. The van der Waals surface area contributed by atoms with Crippen LogP contribution in [0.2, 0.25) is 0 Å². The minimum absolute atomic E-state index is 0.427. The van der Waals surface area contributed by atoms with E-state index in [1.807, 2.05) is 0 Å². The first-order valence-corrected chi connectivity index (χ1v) is 7.03. The molecule has 1 saturated heterocycles. The summed E-state index contributed by atoms with van der Waals surface area (Å²) in [5.41, 5.74) is 6.32. The van der Waals surface area contributed by atoms with Crippen LogP contribution in [0.5, 0.6) is 0 Å². The van der Waals surface area contributed by atoms with Crippen molar-refractivity contribution in [2.24, 2.45) is 5.73 Å². The van der Waals surface area contributed by atoms with Crippen molar-refractivity contribution in [1.82, 2.24) is 9.80 Å². The SMILES string of the molecule is CCN1CCN(C2CCCCCC2N)CC1. The van der Waals surface area contributed by atoms with Crippen LogP contribution in [0, 0.1) is 0 Å². The first kappa shape index (κ1) is 12.3. The van der Waals surface area contributed by atoms with Gasteiger partial charge < -0.3 is 10.6 Å². The summed E-state index contributed by atoms with van der Waals surface area (Å²) in [6, 6.07) is 1.09. The molecule has 3 nitrogen and oxygen atoms in total. The maximum absolute atomic E-state index is 6.32. The summed E-state index contributed by atoms with van der Waals surface area (Å²) in [7, 11) is 0. The Morgan fingerprint density at radius 2 is 1.69 bits per heavy atom. The molecule has 2 fully saturated rings. The number of piperazine rings is 1. The van der Waals surface area contributed by atoms with Crippen molar-refractivity contribution in [3.8, 4) is 0 Å². The Bertz CT molecular complexity index is 199. The van der Waals surface area contributed by atoms with Crippen molar-refractivity contribution in [2.45, 2.75) is 51.1 Å². The van der Waals surface area contributed by atoms with Gasteiger partial charge in [-0.05, 0) is 19.4 Å². The van der Waals surface area contributed by atoms with Crippen LogP contribution in [-0.2, 0) is 0 Å². The lowest BCUT2D eigenvalue weighted by atomic mass is 10.0. The molecule has 0 radical (unpaired) electrons. The van der Waals surface area contributed by atoms with E-state index >= 15 is 0 Å². The van der Waals surface area contributed by atoms with E-state index in [0.717, 1.165) is 0 Å². The zero-order valence-electron chi connectivity index (χ0n) is 10.7. The van der Waals surface area contributed by atoms with Crippen molar-refractivity contribution in [1.29, 1.82) is 0 Å². The second-order valence-electron chi connectivity index (χ2n) is 5.34. The molecule has 0 bridgehead atoms. The van der Waals surface area contributed by atoms with Crippen LogP contribution in [0.1, 0.15) is 39.0 Å². The summed E-state index contributed by atoms with van der Waals surface area (Å²) in [6.45, 7) is 8.38. The Morgan fingerprint density at radius 1 is 1.00 bits per heavy atom. The first-order valence-electron chi connectivity index (χ1n) is 7.03. The van der Waals surface area contributed by atoms with Crippen LogP contribution in [0.15, 0.2) is 0 Å². The van der Waals surface area contributed by atoms with E-state index in [1.54, 1.807) is 0 Å². The van der Waals surface area contributed by atoms with Crippen molar-refractivity contribution < 1.29 is 0 Å². The van der Waals surface area contributed by atoms with Crippen molar-refractivity contribution in [2.75, 3.05) is 32.7 Å². The average Bonchev–Trinajstić information content (AvgIpc) is 2.54. The molecule has 94 valence electrons. The zero-order chi connectivity index (χ0) is 11.4. The largest absolute Gasteiger partial charge is 0.326 e. The second kappa shape index (κ2) is 5.99. The van der Waals surface area contributed by atoms with E-state index < -0.39 is 0 Å². The molecule has 0 spiro atoms. The maximum atomic E-state index is 6.32. The third kappa shape index (κ3) is 2.96. The molecule has 16 heavy (non-hydrogen) atoms. The minimum Gasteiger partial charge on any atom is -0.326 e. The number of likely N-dealkylation sites (N-methyl/N-ethyl adjacent to an activating group) is 1. The van der Waals surface area contributed by atoms with Gasteiger partial charge in [0.1, 0.15) is 0 Å². The fraction of sp³-hybridized carbons (Fsp3) is 1.00. The summed E-state index contributed by atoms with van der Waals surface area (Å²) < 4.78 is 0. The lowest BCUT2D eigenvalue weighted by molar-refractivity contribution is 0.0842. The van der Waals surface area contributed by atoms with E-state index in [-0.39, 0.29) is 0 Å².